The fourth-order valence-electron chi connectivity index (χ4n) is 2.19. The molecule has 3 N–H and O–H groups in total. The highest BCUT2D eigenvalue weighted by Gasteiger charge is 2.05. The molecule has 2 aromatic carbocycles. The van der Waals surface area contributed by atoms with Gasteiger partial charge in [-0.1, -0.05) is 42.5 Å². The van der Waals surface area contributed by atoms with Gasteiger partial charge in [-0.3, -0.25) is 4.79 Å². The van der Waals surface area contributed by atoms with Crippen LogP contribution in [0.2, 0.25) is 0 Å². The number of methoxy groups -OCH3 is 1. The van der Waals surface area contributed by atoms with Crippen molar-refractivity contribution in [1.29, 1.82) is 0 Å². The van der Waals surface area contributed by atoms with E-state index in [-0.39, 0.29) is 18.5 Å². The van der Waals surface area contributed by atoms with Crippen molar-refractivity contribution < 1.29 is 14.3 Å². The molecule has 0 aliphatic rings. The highest BCUT2D eigenvalue weighted by atomic mass is 16.5. The third kappa shape index (κ3) is 6.95. The van der Waals surface area contributed by atoms with Crippen molar-refractivity contribution in [3.8, 4) is 5.75 Å². The summed E-state index contributed by atoms with van der Waals surface area (Å²) < 4.78 is 5.08. The zero-order valence-corrected chi connectivity index (χ0v) is 14.2. The SMILES string of the molecule is COc1ccc(CNC(=O)CNC(=O)NCCc2ccccc2)cc1. The third-order valence-electron chi connectivity index (χ3n) is 3.60. The molecule has 0 unspecified atom stereocenters. The zero-order chi connectivity index (χ0) is 17.9. The fraction of sp³-hybridized carbons (Fsp3) is 0.263. The van der Waals surface area contributed by atoms with E-state index in [9.17, 15) is 9.59 Å². The van der Waals surface area contributed by atoms with Gasteiger partial charge < -0.3 is 20.7 Å². The van der Waals surface area contributed by atoms with Crippen LogP contribution in [0.15, 0.2) is 54.6 Å². The lowest BCUT2D eigenvalue weighted by molar-refractivity contribution is -0.120. The smallest absolute Gasteiger partial charge is 0.315 e. The number of carbonyl (C=O) groups is 2. The van der Waals surface area contributed by atoms with E-state index in [0.717, 1.165) is 23.3 Å². The monoisotopic (exact) mass is 341 g/mol. The Morgan fingerprint density at radius 2 is 1.60 bits per heavy atom. The van der Waals surface area contributed by atoms with Gasteiger partial charge in [0.15, 0.2) is 0 Å². The molecule has 0 atom stereocenters. The maximum absolute atomic E-state index is 11.8. The summed E-state index contributed by atoms with van der Waals surface area (Å²) in [6.45, 7) is 0.858. The van der Waals surface area contributed by atoms with Crippen LogP contribution >= 0.6 is 0 Å². The summed E-state index contributed by atoms with van der Waals surface area (Å²) in [6.07, 6.45) is 0.748. The lowest BCUT2D eigenvalue weighted by atomic mass is 10.1. The zero-order valence-electron chi connectivity index (χ0n) is 14.2. The molecule has 25 heavy (non-hydrogen) atoms. The maximum atomic E-state index is 11.8. The van der Waals surface area contributed by atoms with Crippen molar-refractivity contribution in [2.24, 2.45) is 0 Å². The van der Waals surface area contributed by atoms with E-state index in [4.69, 9.17) is 4.74 Å². The Morgan fingerprint density at radius 3 is 2.28 bits per heavy atom. The molecule has 2 aromatic rings. The molecule has 0 saturated carbocycles. The van der Waals surface area contributed by atoms with Crippen molar-refractivity contribution in [2.45, 2.75) is 13.0 Å². The molecular formula is C19H23N3O3. The number of carbonyl (C=O) groups excluding carboxylic acids is 2. The molecule has 0 bridgehead atoms. The summed E-state index contributed by atoms with van der Waals surface area (Å²) >= 11 is 0. The van der Waals surface area contributed by atoms with Crippen LogP contribution in [0, 0.1) is 0 Å². The molecular weight excluding hydrogens is 318 g/mol. The standard InChI is InChI=1S/C19H23N3O3/c1-25-17-9-7-16(8-10-17)13-21-18(23)14-22-19(24)20-12-11-15-5-3-2-4-6-15/h2-10H,11-14H2,1H3,(H,21,23)(H2,20,22,24). The first kappa shape index (κ1) is 18.3. The minimum Gasteiger partial charge on any atom is -0.497 e. The van der Waals surface area contributed by atoms with Gasteiger partial charge >= 0.3 is 6.03 Å². The number of hydrogen-bond donors (Lipinski definition) is 3. The van der Waals surface area contributed by atoms with Crippen LogP contribution in [0.5, 0.6) is 5.75 Å². The summed E-state index contributed by atoms with van der Waals surface area (Å²) in [5.41, 5.74) is 2.11. The number of rotatable bonds is 8. The minimum atomic E-state index is -0.351. The lowest BCUT2D eigenvalue weighted by Gasteiger charge is -2.09. The molecule has 0 radical (unpaired) electrons. The quantitative estimate of drug-likeness (QED) is 0.686. The molecule has 6 nitrogen and oxygen atoms in total. The molecule has 3 amide bonds. The van der Waals surface area contributed by atoms with Crippen molar-refractivity contribution in [2.75, 3.05) is 20.2 Å². The largest absolute Gasteiger partial charge is 0.497 e. The summed E-state index contributed by atoms with van der Waals surface area (Å²) in [7, 11) is 1.60. The molecule has 0 aromatic heterocycles. The van der Waals surface area contributed by atoms with E-state index in [1.165, 1.54) is 0 Å². The van der Waals surface area contributed by atoms with Gasteiger partial charge in [-0.25, -0.2) is 4.79 Å². The van der Waals surface area contributed by atoms with Gasteiger partial charge in [-0.15, -0.1) is 0 Å². The number of amides is 3. The van der Waals surface area contributed by atoms with Gasteiger partial charge in [0.05, 0.1) is 13.7 Å². The number of hydrogen-bond acceptors (Lipinski definition) is 3. The molecule has 0 aliphatic carbocycles. The first-order valence-corrected chi connectivity index (χ1v) is 8.12. The van der Waals surface area contributed by atoms with Crippen molar-refractivity contribution in [3.05, 3.63) is 65.7 Å². The molecule has 0 saturated heterocycles. The maximum Gasteiger partial charge on any atom is 0.315 e. The molecule has 0 heterocycles. The highest BCUT2D eigenvalue weighted by molar-refractivity contribution is 5.83. The van der Waals surface area contributed by atoms with Crippen LogP contribution in [-0.4, -0.2) is 32.1 Å². The third-order valence-corrected chi connectivity index (χ3v) is 3.60. The minimum absolute atomic E-state index is 0.0622. The van der Waals surface area contributed by atoms with Gasteiger partial charge in [-0.2, -0.15) is 0 Å². The average Bonchev–Trinajstić information content (AvgIpc) is 2.66. The Hall–Kier alpha value is -3.02. The summed E-state index contributed by atoms with van der Waals surface area (Å²) in [4.78, 5) is 23.4. The number of benzene rings is 2. The first-order valence-electron chi connectivity index (χ1n) is 8.12. The normalized spacial score (nSPS) is 9.96. The molecule has 0 aliphatic heterocycles. The van der Waals surface area contributed by atoms with Gasteiger partial charge in [0, 0.05) is 13.1 Å². The van der Waals surface area contributed by atoms with Crippen LogP contribution in [-0.2, 0) is 17.8 Å². The predicted molar refractivity (Wildman–Crippen MR) is 96.4 cm³/mol. The second-order valence-electron chi connectivity index (χ2n) is 5.47. The molecule has 0 spiro atoms. The van der Waals surface area contributed by atoms with Gasteiger partial charge in [0.2, 0.25) is 5.91 Å². The van der Waals surface area contributed by atoms with Crippen molar-refractivity contribution in [3.63, 3.8) is 0 Å². The molecule has 132 valence electrons. The Balaban J connectivity index is 1.59. The summed E-state index contributed by atoms with van der Waals surface area (Å²) in [5.74, 6) is 0.526. The van der Waals surface area contributed by atoms with Crippen LogP contribution < -0.4 is 20.7 Å². The Morgan fingerprint density at radius 1 is 0.880 bits per heavy atom. The predicted octanol–water partition coefficient (Wildman–Crippen LogP) is 1.85. The molecule has 2 rings (SSSR count). The highest BCUT2D eigenvalue weighted by Crippen LogP contribution is 2.10. The summed E-state index contributed by atoms with van der Waals surface area (Å²) in [5, 5.41) is 8.02. The van der Waals surface area contributed by atoms with E-state index in [1.54, 1.807) is 7.11 Å². The van der Waals surface area contributed by atoms with E-state index in [2.05, 4.69) is 16.0 Å². The van der Waals surface area contributed by atoms with E-state index >= 15 is 0 Å². The van der Waals surface area contributed by atoms with Crippen LogP contribution in [0.3, 0.4) is 0 Å². The van der Waals surface area contributed by atoms with E-state index < -0.39 is 0 Å². The van der Waals surface area contributed by atoms with E-state index in [0.29, 0.717) is 13.1 Å². The number of ether oxygens (including phenoxy) is 1. The second kappa shape index (κ2) is 9.97. The van der Waals surface area contributed by atoms with Crippen molar-refractivity contribution >= 4 is 11.9 Å². The van der Waals surface area contributed by atoms with Gasteiger partial charge in [0.1, 0.15) is 5.75 Å². The Bertz CT molecular complexity index is 672. The topological polar surface area (TPSA) is 79.5 Å². The average molecular weight is 341 g/mol. The fourth-order valence-corrected chi connectivity index (χ4v) is 2.19. The second-order valence-corrected chi connectivity index (χ2v) is 5.47. The van der Waals surface area contributed by atoms with Crippen LogP contribution in [0.4, 0.5) is 4.79 Å². The molecule has 0 fully saturated rings. The number of nitrogens with one attached hydrogen (secondary N) is 3. The Kier molecular flexibility index (Phi) is 7.31. The molecule has 6 heteroatoms. The van der Waals surface area contributed by atoms with Crippen LogP contribution in [0.25, 0.3) is 0 Å². The number of urea groups is 1. The lowest BCUT2D eigenvalue weighted by Crippen LogP contribution is -2.42. The first-order chi connectivity index (χ1) is 12.2. The van der Waals surface area contributed by atoms with Crippen molar-refractivity contribution in [1.82, 2.24) is 16.0 Å². The van der Waals surface area contributed by atoms with Gasteiger partial charge in [-0.05, 0) is 29.7 Å². The Labute approximate surface area is 147 Å². The van der Waals surface area contributed by atoms with Crippen LogP contribution in [0.1, 0.15) is 11.1 Å². The van der Waals surface area contributed by atoms with Gasteiger partial charge in [0.25, 0.3) is 0 Å². The summed E-state index contributed by atoms with van der Waals surface area (Å²) in [6, 6.07) is 17.0. The van der Waals surface area contributed by atoms with E-state index in [1.807, 2.05) is 54.6 Å².